The molecule has 2 aliphatic rings. The van der Waals surface area contributed by atoms with Crippen LogP contribution in [0.5, 0.6) is 5.75 Å². The molecule has 1 saturated heterocycles. The van der Waals surface area contributed by atoms with Gasteiger partial charge in [-0.25, -0.2) is 0 Å². The molecule has 3 unspecified atom stereocenters. The van der Waals surface area contributed by atoms with Gasteiger partial charge in [0.15, 0.2) is 0 Å². The van der Waals surface area contributed by atoms with Gasteiger partial charge in [-0.15, -0.1) is 0 Å². The highest BCUT2D eigenvalue weighted by atomic mass is 16.5. The molecule has 1 aliphatic heterocycles. The maximum atomic E-state index is 11.6. The molecular weight excluding hydrogens is 302 g/mol. The molecule has 0 amide bonds. The number of likely N-dealkylation sites (tertiary alicyclic amines) is 1. The van der Waals surface area contributed by atoms with Gasteiger partial charge in [-0.1, -0.05) is 18.9 Å². The van der Waals surface area contributed by atoms with Crippen molar-refractivity contribution in [1.29, 1.82) is 0 Å². The van der Waals surface area contributed by atoms with Gasteiger partial charge in [-0.3, -0.25) is 9.69 Å². The van der Waals surface area contributed by atoms with Crippen LogP contribution in [0, 0.1) is 19.8 Å². The van der Waals surface area contributed by atoms with E-state index in [0.717, 1.165) is 31.6 Å². The number of fused-ring (bicyclic) bond motifs is 1. The SMILES string of the molecule is Cc1ccc(OCCCN2C(C(=O)O)CC3CCCCC32)cc1C. The van der Waals surface area contributed by atoms with Gasteiger partial charge in [0, 0.05) is 12.6 Å². The monoisotopic (exact) mass is 331 g/mol. The molecule has 1 aliphatic carbocycles. The van der Waals surface area contributed by atoms with Crippen LogP contribution in [0.4, 0.5) is 0 Å². The molecular formula is C20H29NO3. The fraction of sp³-hybridized carbons (Fsp3) is 0.650. The average Bonchev–Trinajstić information content (AvgIpc) is 2.94. The van der Waals surface area contributed by atoms with Crippen molar-refractivity contribution in [3.63, 3.8) is 0 Å². The van der Waals surface area contributed by atoms with Crippen LogP contribution >= 0.6 is 0 Å². The molecule has 3 atom stereocenters. The van der Waals surface area contributed by atoms with E-state index in [1.165, 1.54) is 30.4 Å². The van der Waals surface area contributed by atoms with E-state index in [9.17, 15) is 9.90 Å². The van der Waals surface area contributed by atoms with E-state index >= 15 is 0 Å². The van der Waals surface area contributed by atoms with E-state index in [0.29, 0.717) is 18.6 Å². The van der Waals surface area contributed by atoms with E-state index in [1.54, 1.807) is 0 Å². The minimum atomic E-state index is -0.653. The Balaban J connectivity index is 1.52. The molecule has 24 heavy (non-hydrogen) atoms. The van der Waals surface area contributed by atoms with E-state index in [2.05, 4.69) is 30.9 Å². The summed E-state index contributed by atoms with van der Waals surface area (Å²) in [5.41, 5.74) is 2.51. The third-order valence-corrected chi connectivity index (χ3v) is 5.81. The Morgan fingerprint density at radius 1 is 1.25 bits per heavy atom. The summed E-state index contributed by atoms with van der Waals surface area (Å²) in [6.07, 6.45) is 6.56. The molecule has 4 nitrogen and oxygen atoms in total. The summed E-state index contributed by atoms with van der Waals surface area (Å²) in [4.78, 5) is 13.9. The number of carbonyl (C=O) groups is 1. The largest absolute Gasteiger partial charge is 0.494 e. The summed E-state index contributed by atoms with van der Waals surface area (Å²) in [6.45, 7) is 5.65. The van der Waals surface area contributed by atoms with Crippen LogP contribution in [0.2, 0.25) is 0 Å². The number of hydrogen-bond acceptors (Lipinski definition) is 3. The molecule has 1 aromatic rings. The van der Waals surface area contributed by atoms with Crippen molar-refractivity contribution in [2.75, 3.05) is 13.2 Å². The van der Waals surface area contributed by atoms with Crippen molar-refractivity contribution in [2.24, 2.45) is 5.92 Å². The Hall–Kier alpha value is -1.55. The second-order valence-electron chi connectivity index (χ2n) is 7.39. The second-order valence-corrected chi connectivity index (χ2v) is 7.39. The van der Waals surface area contributed by atoms with Crippen LogP contribution < -0.4 is 4.74 Å². The van der Waals surface area contributed by atoms with E-state index < -0.39 is 5.97 Å². The summed E-state index contributed by atoms with van der Waals surface area (Å²) < 4.78 is 5.86. The number of aliphatic carboxylic acids is 1. The number of carboxylic acids is 1. The van der Waals surface area contributed by atoms with Gasteiger partial charge in [0.1, 0.15) is 11.8 Å². The van der Waals surface area contributed by atoms with Crippen LogP contribution in [0.1, 0.15) is 49.7 Å². The standard InChI is InChI=1S/C20H29NO3/c1-14-8-9-17(12-15(14)2)24-11-5-10-21-18-7-4-3-6-16(18)13-19(21)20(22)23/h8-9,12,16,18-19H,3-7,10-11,13H2,1-2H3,(H,22,23). The highest BCUT2D eigenvalue weighted by Gasteiger charge is 2.44. The predicted molar refractivity (Wildman–Crippen MR) is 94.5 cm³/mol. The van der Waals surface area contributed by atoms with Crippen molar-refractivity contribution >= 4 is 5.97 Å². The Kier molecular flexibility index (Phi) is 5.44. The summed E-state index contributed by atoms with van der Waals surface area (Å²) >= 11 is 0. The van der Waals surface area contributed by atoms with Gasteiger partial charge in [0.25, 0.3) is 0 Å². The summed E-state index contributed by atoms with van der Waals surface area (Å²) in [5.74, 6) is 0.838. The first-order chi connectivity index (χ1) is 11.6. The zero-order valence-electron chi connectivity index (χ0n) is 14.8. The number of rotatable bonds is 6. The molecule has 0 aromatic heterocycles. The van der Waals surface area contributed by atoms with Crippen LogP contribution in [0.15, 0.2) is 18.2 Å². The Labute approximate surface area is 144 Å². The lowest BCUT2D eigenvalue weighted by atomic mass is 9.85. The fourth-order valence-electron chi connectivity index (χ4n) is 4.36. The van der Waals surface area contributed by atoms with Crippen LogP contribution in [-0.4, -0.2) is 41.2 Å². The van der Waals surface area contributed by atoms with Crippen LogP contribution in [0.25, 0.3) is 0 Å². The lowest BCUT2D eigenvalue weighted by molar-refractivity contribution is -0.142. The molecule has 4 heteroatoms. The molecule has 1 aromatic carbocycles. The lowest BCUT2D eigenvalue weighted by Gasteiger charge is -2.32. The summed E-state index contributed by atoms with van der Waals surface area (Å²) in [7, 11) is 0. The molecule has 0 bridgehead atoms. The molecule has 1 N–H and O–H groups in total. The highest BCUT2D eigenvalue weighted by Crippen LogP contribution is 2.39. The fourth-order valence-corrected chi connectivity index (χ4v) is 4.36. The zero-order valence-corrected chi connectivity index (χ0v) is 14.8. The number of nitrogens with zero attached hydrogens (tertiary/aromatic N) is 1. The maximum Gasteiger partial charge on any atom is 0.320 e. The van der Waals surface area contributed by atoms with Crippen LogP contribution in [-0.2, 0) is 4.79 Å². The minimum absolute atomic E-state index is 0.292. The smallest absolute Gasteiger partial charge is 0.320 e. The molecule has 2 fully saturated rings. The first kappa shape index (κ1) is 17.3. The Morgan fingerprint density at radius 2 is 2.04 bits per heavy atom. The quantitative estimate of drug-likeness (QED) is 0.806. The number of carboxylic acid groups (broad SMARTS) is 1. The molecule has 0 radical (unpaired) electrons. The van der Waals surface area contributed by atoms with Crippen LogP contribution in [0.3, 0.4) is 0 Å². The minimum Gasteiger partial charge on any atom is -0.494 e. The number of benzene rings is 1. The van der Waals surface area contributed by atoms with E-state index in [1.807, 2.05) is 6.07 Å². The third-order valence-electron chi connectivity index (χ3n) is 5.81. The number of hydrogen-bond donors (Lipinski definition) is 1. The number of ether oxygens (including phenoxy) is 1. The Bertz CT molecular complexity index is 586. The first-order valence-electron chi connectivity index (χ1n) is 9.25. The Morgan fingerprint density at radius 3 is 2.79 bits per heavy atom. The normalized spacial score (nSPS) is 27.0. The van der Waals surface area contributed by atoms with Crippen molar-refractivity contribution < 1.29 is 14.6 Å². The molecule has 0 spiro atoms. The summed E-state index contributed by atoms with van der Waals surface area (Å²) in [6, 6.07) is 6.34. The van der Waals surface area contributed by atoms with Gasteiger partial charge in [0.05, 0.1) is 6.61 Å². The van der Waals surface area contributed by atoms with Crippen molar-refractivity contribution in [3.05, 3.63) is 29.3 Å². The van der Waals surface area contributed by atoms with Gasteiger partial charge < -0.3 is 9.84 Å². The molecule has 1 heterocycles. The summed E-state index contributed by atoms with van der Waals surface area (Å²) in [5, 5.41) is 9.55. The van der Waals surface area contributed by atoms with E-state index in [4.69, 9.17) is 4.74 Å². The number of aryl methyl sites for hydroxylation is 2. The topological polar surface area (TPSA) is 49.8 Å². The average molecular weight is 331 g/mol. The highest BCUT2D eigenvalue weighted by molar-refractivity contribution is 5.74. The predicted octanol–water partition coefficient (Wildman–Crippen LogP) is 3.79. The van der Waals surface area contributed by atoms with Gasteiger partial charge in [-0.05, 0) is 68.7 Å². The second kappa shape index (κ2) is 7.56. The molecule has 132 valence electrons. The maximum absolute atomic E-state index is 11.6. The molecule has 1 saturated carbocycles. The first-order valence-corrected chi connectivity index (χ1v) is 9.25. The van der Waals surface area contributed by atoms with E-state index in [-0.39, 0.29) is 6.04 Å². The lowest BCUT2D eigenvalue weighted by Crippen LogP contribution is -2.43. The third kappa shape index (κ3) is 3.75. The van der Waals surface area contributed by atoms with Gasteiger partial charge >= 0.3 is 5.97 Å². The van der Waals surface area contributed by atoms with Crippen molar-refractivity contribution in [3.8, 4) is 5.75 Å². The van der Waals surface area contributed by atoms with Gasteiger partial charge in [0.2, 0.25) is 0 Å². The van der Waals surface area contributed by atoms with Crippen molar-refractivity contribution in [2.45, 2.75) is 64.5 Å². The zero-order chi connectivity index (χ0) is 17.1. The van der Waals surface area contributed by atoms with Crippen molar-refractivity contribution in [1.82, 2.24) is 4.90 Å². The molecule has 3 rings (SSSR count). The van der Waals surface area contributed by atoms with Gasteiger partial charge in [-0.2, -0.15) is 0 Å².